The highest BCUT2D eigenvalue weighted by atomic mass is 31.1. The molecule has 0 aromatic heterocycles. The van der Waals surface area contributed by atoms with Crippen molar-refractivity contribution in [1.82, 2.24) is 0 Å². The summed E-state index contributed by atoms with van der Waals surface area (Å²) in [4.78, 5) is 21.6. The van der Waals surface area contributed by atoms with E-state index in [0.717, 1.165) is 12.8 Å². The Labute approximate surface area is 114 Å². The highest BCUT2D eigenvalue weighted by molar-refractivity contribution is 7.44. The molecule has 110 valence electrons. The summed E-state index contributed by atoms with van der Waals surface area (Å²) in [5.74, 6) is -1.08. The second-order valence-corrected chi connectivity index (χ2v) is 5.70. The molecule has 0 amide bonds. The molecular formula is C12H22O6P+. The van der Waals surface area contributed by atoms with E-state index >= 15 is 0 Å². The van der Waals surface area contributed by atoms with Gasteiger partial charge in [-0.15, -0.1) is 0 Å². The number of ether oxygens (including phenoxy) is 3. The van der Waals surface area contributed by atoms with E-state index in [1.807, 2.05) is 6.92 Å². The van der Waals surface area contributed by atoms with Gasteiger partial charge in [0.2, 0.25) is 6.35 Å². The number of carbonyl (C=O) groups excluding carboxylic acids is 2. The summed E-state index contributed by atoms with van der Waals surface area (Å²) in [5.41, 5.74) is 0. The van der Waals surface area contributed by atoms with Crippen LogP contribution in [0.15, 0.2) is 0 Å². The first-order valence-electron chi connectivity index (χ1n) is 6.30. The van der Waals surface area contributed by atoms with Gasteiger partial charge in [-0.1, -0.05) is 17.9 Å². The molecule has 0 spiro atoms. The second-order valence-electron chi connectivity index (χ2n) is 4.03. The van der Waals surface area contributed by atoms with E-state index in [2.05, 4.69) is 0 Å². The van der Waals surface area contributed by atoms with Crippen LogP contribution in [0.3, 0.4) is 0 Å². The van der Waals surface area contributed by atoms with Gasteiger partial charge in [0.1, 0.15) is 0 Å². The van der Waals surface area contributed by atoms with Gasteiger partial charge in [0.15, 0.2) is 6.16 Å². The molecule has 0 radical (unpaired) electrons. The van der Waals surface area contributed by atoms with Crippen molar-refractivity contribution in [3.8, 4) is 0 Å². The number of carbonyl (C=O) groups is 2. The van der Waals surface area contributed by atoms with E-state index in [-0.39, 0.29) is 18.9 Å². The lowest BCUT2D eigenvalue weighted by atomic mass is 10.4. The Hall–Kier alpha value is -1.00. The molecule has 7 heteroatoms. The first-order valence-corrected chi connectivity index (χ1v) is 7.93. The Morgan fingerprint density at radius 3 is 2.21 bits per heavy atom. The third-order valence-electron chi connectivity index (χ3n) is 2.09. The van der Waals surface area contributed by atoms with Crippen LogP contribution in [0.2, 0.25) is 0 Å². The zero-order chi connectivity index (χ0) is 14.7. The van der Waals surface area contributed by atoms with Gasteiger partial charge in [-0.25, -0.2) is 0 Å². The van der Waals surface area contributed by atoms with E-state index in [4.69, 9.17) is 14.2 Å². The van der Waals surface area contributed by atoms with Crippen molar-refractivity contribution in [2.45, 2.75) is 46.3 Å². The quantitative estimate of drug-likeness (QED) is 0.266. The molecule has 0 aliphatic carbocycles. The Kier molecular flexibility index (Phi) is 10.3. The van der Waals surface area contributed by atoms with E-state index in [1.165, 1.54) is 13.8 Å². The molecule has 0 aromatic rings. The maximum absolute atomic E-state index is 11.6. The molecular weight excluding hydrogens is 271 g/mol. The SMILES string of the molecule is CCCCOC[P+](=O)CCC(OC(C)=O)OC(C)=O. The molecule has 0 saturated carbocycles. The Balaban J connectivity index is 3.91. The molecule has 6 nitrogen and oxygen atoms in total. The van der Waals surface area contributed by atoms with Gasteiger partial charge in [0, 0.05) is 13.8 Å². The lowest BCUT2D eigenvalue weighted by molar-refractivity contribution is -0.184. The molecule has 0 rings (SSSR count). The molecule has 1 unspecified atom stereocenters. The van der Waals surface area contributed by atoms with Crippen LogP contribution in [0.5, 0.6) is 0 Å². The molecule has 0 N–H and O–H groups in total. The average Bonchev–Trinajstić information content (AvgIpc) is 2.30. The Morgan fingerprint density at radius 1 is 1.16 bits per heavy atom. The normalized spacial score (nSPS) is 11.3. The molecule has 0 aliphatic rings. The molecule has 0 heterocycles. The minimum absolute atomic E-state index is 0.183. The van der Waals surface area contributed by atoms with Crippen LogP contribution in [0.4, 0.5) is 0 Å². The zero-order valence-corrected chi connectivity index (χ0v) is 12.6. The zero-order valence-electron chi connectivity index (χ0n) is 11.7. The van der Waals surface area contributed by atoms with Crippen molar-refractivity contribution in [3.63, 3.8) is 0 Å². The maximum atomic E-state index is 11.6. The van der Waals surface area contributed by atoms with Crippen molar-refractivity contribution in [1.29, 1.82) is 0 Å². The summed E-state index contributed by atoms with van der Waals surface area (Å²) in [5, 5.41) is 0. The Morgan fingerprint density at radius 2 is 1.74 bits per heavy atom. The topological polar surface area (TPSA) is 78.9 Å². The van der Waals surface area contributed by atoms with Crippen LogP contribution < -0.4 is 0 Å². The van der Waals surface area contributed by atoms with Gasteiger partial charge in [-0.05, 0) is 6.42 Å². The van der Waals surface area contributed by atoms with Gasteiger partial charge < -0.3 is 14.2 Å². The highest BCUT2D eigenvalue weighted by Crippen LogP contribution is 2.23. The van der Waals surface area contributed by atoms with Gasteiger partial charge in [0.05, 0.1) is 13.0 Å². The monoisotopic (exact) mass is 293 g/mol. The first-order chi connectivity index (χ1) is 8.95. The standard InChI is InChI=1S/C12H22O6P/c1-4-5-7-16-9-19(15)8-6-12(17-10(2)13)18-11(3)14/h12H,4-9H2,1-3H3/q+1. The van der Waals surface area contributed by atoms with Crippen LogP contribution in [0.25, 0.3) is 0 Å². The summed E-state index contributed by atoms with van der Waals surface area (Å²) < 4.78 is 26.5. The van der Waals surface area contributed by atoms with Gasteiger partial charge in [-0.2, -0.15) is 0 Å². The number of unbranched alkanes of at least 4 members (excludes halogenated alkanes) is 1. The van der Waals surface area contributed by atoms with Crippen molar-refractivity contribution in [3.05, 3.63) is 0 Å². The number of esters is 2. The van der Waals surface area contributed by atoms with E-state index in [0.29, 0.717) is 6.61 Å². The van der Waals surface area contributed by atoms with Crippen molar-refractivity contribution < 1.29 is 28.4 Å². The average molecular weight is 293 g/mol. The fraction of sp³-hybridized carbons (Fsp3) is 0.833. The third kappa shape index (κ3) is 11.8. The van der Waals surface area contributed by atoms with Gasteiger partial charge in [0.25, 0.3) is 6.29 Å². The number of rotatable bonds is 10. The first kappa shape index (κ1) is 18.0. The van der Waals surface area contributed by atoms with Crippen LogP contribution in [-0.4, -0.2) is 37.3 Å². The summed E-state index contributed by atoms with van der Waals surface area (Å²) in [7, 11) is -1.53. The Bertz CT molecular complexity index is 289. The number of hydrogen-bond acceptors (Lipinski definition) is 6. The summed E-state index contributed by atoms with van der Waals surface area (Å²) >= 11 is 0. The van der Waals surface area contributed by atoms with E-state index in [1.54, 1.807) is 0 Å². The van der Waals surface area contributed by atoms with Crippen LogP contribution in [-0.2, 0) is 28.4 Å². The van der Waals surface area contributed by atoms with E-state index in [9.17, 15) is 14.2 Å². The molecule has 0 aromatic carbocycles. The molecule has 1 atom stereocenters. The van der Waals surface area contributed by atoms with Gasteiger partial charge in [-0.3, -0.25) is 9.59 Å². The van der Waals surface area contributed by atoms with Crippen molar-refractivity contribution >= 4 is 19.7 Å². The van der Waals surface area contributed by atoms with Crippen LogP contribution in [0, 0.1) is 0 Å². The summed E-state index contributed by atoms with van der Waals surface area (Å²) in [6.07, 6.45) is 1.68. The predicted molar refractivity (Wildman–Crippen MR) is 70.1 cm³/mol. The number of hydrogen-bond donors (Lipinski definition) is 0. The van der Waals surface area contributed by atoms with Crippen LogP contribution >= 0.6 is 7.80 Å². The molecule has 0 aliphatic heterocycles. The predicted octanol–water partition coefficient (Wildman–Crippen LogP) is 2.43. The third-order valence-corrected chi connectivity index (χ3v) is 3.31. The van der Waals surface area contributed by atoms with Crippen molar-refractivity contribution in [2.75, 3.05) is 19.1 Å². The van der Waals surface area contributed by atoms with Crippen LogP contribution in [0.1, 0.15) is 40.0 Å². The summed E-state index contributed by atoms with van der Waals surface area (Å²) in [6, 6.07) is 0. The fourth-order valence-electron chi connectivity index (χ4n) is 1.24. The summed E-state index contributed by atoms with van der Waals surface area (Å²) in [6.45, 7) is 5.09. The largest absolute Gasteiger partial charge is 0.425 e. The highest BCUT2D eigenvalue weighted by Gasteiger charge is 2.22. The molecule has 19 heavy (non-hydrogen) atoms. The molecule has 0 bridgehead atoms. The van der Waals surface area contributed by atoms with Gasteiger partial charge >= 0.3 is 19.7 Å². The maximum Gasteiger partial charge on any atom is 0.367 e. The second kappa shape index (κ2) is 10.9. The smallest absolute Gasteiger partial charge is 0.367 e. The lowest BCUT2D eigenvalue weighted by Gasteiger charge is -2.14. The lowest BCUT2D eigenvalue weighted by Crippen LogP contribution is -2.23. The van der Waals surface area contributed by atoms with E-state index < -0.39 is 26.0 Å². The minimum Gasteiger partial charge on any atom is -0.425 e. The minimum atomic E-state index is -1.53. The molecule has 0 saturated heterocycles. The fourth-order valence-corrected chi connectivity index (χ4v) is 2.20. The molecule has 0 fully saturated rings. The van der Waals surface area contributed by atoms with Crippen molar-refractivity contribution in [2.24, 2.45) is 0 Å².